The predicted molar refractivity (Wildman–Crippen MR) is 123 cm³/mol. The molecule has 0 bridgehead atoms. The standard InChI is InChI=1S/C24H22N4OS/c29-24(26-17-18-6-2-1-3-7-18)13-15-30-20-10-11-21-22(27-28-23(21)16-20)12-9-19-8-4-5-14-25-19/h1-12,14,16H,13,15,17H2,(H,26,29)(H,27,28). The molecule has 1 amide bonds. The summed E-state index contributed by atoms with van der Waals surface area (Å²) >= 11 is 1.67. The Morgan fingerprint density at radius 1 is 1.03 bits per heavy atom. The zero-order valence-electron chi connectivity index (χ0n) is 16.4. The van der Waals surface area contributed by atoms with Crippen LogP contribution in [0.1, 0.15) is 23.4 Å². The highest BCUT2D eigenvalue weighted by Crippen LogP contribution is 2.25. The van der Waals surface area contributed by atoms with Gasteiger partial charge in [0, 0.05) is 35.2 Å². The fraction of sp³-hybridized carbons (Fsp3) is 0.125. The molecule has 2 aromatic heterocycles. The van der Waals surface area contributed by atoms with Crippen LogP contribution in [-0.2, 0) is 11.3 Å². The molecule has 6 heteroatoms. The Balaban J connectivity index is 1.30. The topological polar surface area (TPSA) is 70.7 Å². The quantitative estimate of drug-likeness (QED) is 0.401. The maximum absolute atomic E-state index is 12.1. The molecule has 150 valence electrons. The molecule has 0 aliphatic carbocycles. The minimum absolute atomic E-state index is 0.0657. The zero-order valence-corrected chi connectivity index (χ0v) is 17.2. The van der Waals surface area contributed by atoms with Crippen molar-refractivity contribution in [2.75, 3.05) is 5.75 Å². The first-order valence-corrected chi connectivity index (χ1v) is 10.8. The zero-order chi connectivity index (χ0) is 20.6. The van der Waals surface area contributed by atoms with Crippen molar-refractivity contribution in [1.82, 2.24) is 20.5 Å². The summed E-state index contributed by atoms with van der Waals surface area (Å²) in [5.41, 5.74) is 3.86. The Labute approximate surface area is 179 Å². The number of amides is 1. The van der Waals surface area contributed by atoms with Crippen molar-refractivity contribution in [2.24, 2.45) is 0 Å². The van der Waals surface area contributed by atoms with Gasteiger partial charge in [-0.2, -0.15) is 5.10 Å². The van der Waals surface area contributed by atoms with Crippen molar-refractivity contribution in [3.05, 3.63) is 89.9 Å². The summed E-state index contributed by atoms with van der Waals surface area (Å²) in [6.45, 7) is 0.569. The number of H-pyrrole nitrogens is 1. The number of aromatic nitrogens is 3. The monoisotopic (exact) mass is 414 g/mol. The molecule has 0 spiro atoms. The first kappa shape index (κ1) is 19.9. The van der Waals surface area contributed by atoms with E-state index in [1.165, 1.54) is 0 Å². The molecule has 0 atom stereocenters. The fourth-order valence-electron chi connectivity index (χ4n) is 3.02. The SMILES string of the molecule is O=C(CCSc1ccc2c(C=Cc3ccccn3)n[nH]c2c1)NCc1ccccc1. The maximum atomic E-state index is 12.1. The summed E-state index contributed by atoms with van der Waals surface area (Å²) in [6, 6.07) is 22.0. The predicted octanol–water partition coefficient (Wildman–Crippen LogP) is 4.93. The number of nitrogens with one attached hydrogen (secondary N) is 2. The first-order valence-electron chi connectivity index (χ1n) is 9.78. The lowest BCUT2D eigenvalue weighted by Gasteiger charge is -2.05. The minimum Gasteiger partial charge on any atom is -0.352 e. The van der Waals surface area contributed by atoms with Gasteiger partial charge in [-0.1, -0.05) is 36.4 Å². The van der Waals surface area contributed by atoms with Gasteiger partial charge in [-0.05, 0) is 48.0 Å². The van der Waals surface area contributed by atoms with Crippen LogP contribution < -0.4 is 5.32 Å². The van der Waals surface area contributed by atoms with E-state index in [-0.39, 0.29) is 5.91 Å². The van der Waals surface area contributed by atoms with Gasteiger partial charge >= 0.3 is 0 Å². The first-order chi connectivity index (χ1) is 14.8. The lowest BCUT2D eigenvalue weighted by Crippen LogP contribution is -2.22. The van der Waals surface area contributed by atoms with E-state index in [0.717, 1.165) is 38.5 Å². The van der Waals surface area contributed by atoms with Gasteiger partial charge in [0.2, 0.25) is 5.91 Å². The van der Waals surface area contributed by atoms with E-state index in [0.29, 0.717) is 13.0 Å². The van der Waals surface area contributed by atoms with Crippen LogP contribution in [0.5, 0.6) is 0 Å². The Morgan fingerprint density at radius 3 is 2.73 bits per heavy atom. The van der Waals surface area contributed by atoms with E-state index in [2.05, 4.69) is 38.7 Å². The molecule has 0 saturated carbocycles. The van der Waals surface area contributed by atoms with Gasteiger partial charge in [-0.25, -0.2) is 0 Å². The molecule has 4 aromatic rings. The lowest BCUT2D eigenvalue weighted by atomic mass is 10.2. The van der Waals surface area contributed by atoms with Gasteiger partial charge in [-0.15, -0.1) is 11.8 Å². The van der Waals surface area contributed by atoms with Crippen molar-refractivity contribution in [1.29, 1.82) is 0 Å². The van der Waals surface area contributed by atoms with E-state index in [9.17, 15) is 4.79 Å². The van der Waals surface area contributed by atoms with Crippen LogP contribution in [0.15, 0.2) is 77.8 Å². The molecule has 4 rings (SSSR count). The second-order valence-corrected chi connectivity index (χ2v) is 7.93. The van der Waals surface area contributed by atoms with Crippen molar-refractivity contribution in [2.45, 2.75) is 17.9 Å². The fourth-order valence-corrected chi connectivity index (χ4v) is 3.91. The highest BCUT2D eigenvalue weighted by Gasteiger charge is 2.06. The van der Waals surface area contributed by atoms with Gasteiger partial charge in [0.15, 0.2) is 0 Å². The Bertz CT molecular complexity index is 1140. The molecule has 2 heterocycles. The second-order valence-electron chi connectivity index (χ2n) is 6.76. The number of benzene rings is 2. The molecule has 5 nitrogen and oxygen atoms in total. The van der Waals surface area contributed by atoms with Crippen LogP contribution in [0.25, 0.3) is 23.1 Å². The van der Waals surface area contributed by atoms with Crippen LogP contribution in [0, 0.1) is 0 Å². The summed E-state index contributed by atoms with van der Waals surface area (Å²) < 4.78 is 0. The number of aromatic amines is 1. The van der Waals surface area contributed by atoms with Crippen LogP contribution in [0.3, 0.4) is 0 Å². The highest BCUT2D eigenvalue weighted by molar-refractivity contribution is 7.99. The van der Waals surface area contributed by atoms with Crippen molar-refractivity contribution in [3.63, 3.8) is 0 Å². The lowest BCUT2D eigenvalue weighted by molar-refractivity contribution is -0.120. The molecule has 2 aromatic carbocycles. The number of carbonyl (C=O) groups excluding carboxylic acids is 1. The average molecular weight is 415 g/mol. The minimum atomic E-state index is 0.0657. The second kappa shape index (κ2) is 9.89. The molecule has 0 aliphatic rings. The van der Waals surface area contributed by atoms with Crippen LogP contribution in [0.2, 0.25) is 0 Å². The molecule has 30 heavy (non-hydrogen) atoms. The molecular weight excluding hydrogens is 392 g/mol. The van der Waals surface area contributed by atoms with Gasteiger partial charge in [0.25, 0.3) is 0 Å². The molecule has 0 fully saturated rings. The third-order valence-corrected chi connectivity index (χ3v) is 5.59. The summed E-state index contributed by atoms with van der Waals surface area (Å²) in [4.78, 5) is 17.5. The molecule has 0 saturated heterocycles. The van der Waals surface area contributed by atoms with E-state index < -0.39 is 0 Å². The van der Waals surface area contributed by atoms with Gasteiger partial charge < -0.3 is 5.32 Å². The van der Waals surface area contributed by atoms with Crippen LogP contribution in [0.4, 0.5) is 0 Å². The normalized spacial score (nSPS) is 11.2. The van der Waals surface area contributed by atoms with E-state index in [1.807, 2.05) is 60.7 Å². The number of hydrogen-bond acceptors (Lipinski definition) is 4. The summed E-state index contributed by atoms with van der Waals surface area (Å²) in [7, 11) is 0. The number of rotatable bonds is 8. The van der Waals surface area contributed by atoms with E-state index >= 15 is 0 Å². The smallest absolute Gasteiger partial charge is 0.221 e. The van der Waals surface area contributed by atoms with Crippen LogP contribution >= 0.6 is 11.8 Å². The number of fused-ring (bicyclic) bond motifs is 1. The van der Waals surface area contributed by atoms with Crippen molar-refractivity contribution >= 4 is 40.7 Å². The third kappa shape index (κ3) is 5.36. The van der Waals surface area contributed by atoms with E-state index in [1.54, 1.807) is 18.0 Å². The van der Waals surface area contributed by atoms with Crippen molar-refractivity contribution in [3.8, 4) is 0 Å². The number of hydrogen-bond donors (Lipinski definition) is 2. The maximum Gasteiger partial charge on any atom is 0.221 e. The van der Waals surface area contributed by atoms with E-state index in [4.69, 9.17) is 0 Å². The summed E-state index contributed by atoms with van der Waals surface area (Å²) in [5, 5.41) is 11.5. The number of thioether (sulfide) groups is 1. The van der Waals surface area contributed by atoms with Gasteiger partial charge in [0.05, 0.1) is 16.9 Å². The molecular formula is C24H22N4OS. The Kier molecular flexibility index (Phi) is 6.57. The molecule has 2 N–H and O–H groups in total. The molecule has 0 unspecified atom stereocenters. The molecule has 0 radical (unpaired) electrons. The largest absolute Gasteiger partial charge is 0.352 e. The molecule has 0 aliphatic heterocycles. The Morgan fingerprint density at radius 2 is 1.90 bits per heavy atom. The third-order valence-electron chi connectivity index (χ3n) is 4.59. The average Bonchev–Trinajstić information content (AvgIpc) is 3.20. The Hall–Kier alpha value is -3.38. The summed E-state index contributed by atoms with van der Waals surface area (Å²) in [6.07, 6.45) is 6.17. The number of carbonyl (C=O) groups is 1. The number of nitrogens with zero attached hydrogens (tertiary/aromatic N) is 2. The van der Waals surface area contributed by atoms with Crippen molar-refractivity contribution < 1.29 is 4.79 Å². The number of pyridine rings is 1. The van der Waals surface area contributed by atoms with Gasteiger partial charge in [-0.3, -0.25) is 14.9 Å². The highest BCUT2D eigenvalue weighted by atomic mass is 32.2. The van der Waals surface area contributed by atoms with Gasteiger partial charge in [0.1, 0.15) is 0 Å². The summed E-state index contributed by atoms with van der Waals surface area (Å²) in [5.74, 6) is 0.795. The van der Waals surface area contributed by atoms with Crippen LogP contribution in [-0.4, -0.2) is 26.8 Å².